The highest BCUT2D eigenvalue weighted by Gasteiger charge is 2.43. The van der Waals surface area contributed by atoms with Gasteiger partial charge in [0.25, 0.3) is 0 Å². The number of rotatable bonds is 3. The number of nitrogens with two attached hydrogens (primary N) is 1. The number of nitrogen functional groups attached to an aromatic ring is 1. The molecule has 3 aromatic rings. The normalized spacial score (nSPS) is 23.7. The van der Waals surface area contributed by atoms with Gasteiger partial charge in [-0.3, -0.25) is 0 Å². The molecule has 1 saturated heterocycles. The smallest absolute Gasteiger partial charge is 0.237 e. The first kappa shape index (κ1) is 22.5. The molecule has 11 heteroatoms. The third-order valence-corrected chi connectivity index (χ3v) is 8.53. The van der Waals surface area contributed by atoms with Crippen molar-refractivity contribution < 1.29 is 4.52 Å². The van der Waals surface area contributed by atoms with Crippen molar-refractivity contribution >= 4 is 45.2 Å². The highest BCUT2D eigenvalue weighted by Crippen LogP contribution is 2.48. The van der Waals surface area contributed by atoms with Crippen molar-refractivity contribution in [1.82, 2.24) is 23.2 Å². The lowest BCUT2D eigenvalue weighted by atomic mass is 9.72. The SMILES string of the molecule is C[C@H]1CN(I)CCCN1c1nccc(-c2noc([C@@]3(C)CCCc4sc(N)c(C#N)c43)n2)n1. The lowest BCUT2D eigenvalue weighted by Gasteiger charge is -2.30. The van der Waals surface area contributed by atoms with Gasteiger partial charge < -0.3 is 15.2 Å². The molecule has 9 nitrogen and oxygen atoms in total. The van der Waals surface area contributed by atoms with Crippen LogP contribution in [0.1, 0.15) is 55.0 Å². The zero-order valence-corrected chi connectivity index (χ0v) is 21.6. The maximum absolute atomic E-state index is 9.72. The third kappa shape index (κ3) is 3.98. The van der Waals surface area contributed by atoms with Gasteiger partial charge >= 0.3 is 0 Å². The highest BCUT2D eigenvalue weighted by atomic mass is 127. The van der Waals surface area contributed by atoms with Gasteiger partial charge in [0.1, 0.15) is 16.8 Å². The molecule has 2 atom stereocenters. The lowest BCUT2D eigenvalue weighted by Crippen LogP contribution is -2.38. The minimum absolute atomic E-state index is 0.300. The molecule has 0 aromatic carbocycles. The Morgan fingerprint density at radius 1 is 1.33 bits per heavy atom. The fourth-order valence-corrected chi connectivity index (χ4v) is 6.98. The second kappa shape index (κ2) is 8.81. The molecule has 0 saturated carbocycles. The summed E-state index contributed by atoms with van der Waals surface area (Å²) < 4.78 is 8.09. The predicted molar refractivity (Wildman–Crippen MR) is 135 cm³/mol. The molecule has 5 rings (SSSR count). The summed E-state index contributed by atoms with van der Waals surface area (Å²) in [5, 5.41) is 14.5. The average molecular weight is 576 g/mol. The van der Waals surface area contributed by atoms with Gasteiger partial charge in [0.15, 0.2) is 0 Å². The fourth-order valence-electron chi connectivity index (χ4n) is 4.88. The summed E-state index contributed by atoms with van der Waals surface area (Å²) >= 11 is 3.88. The van der Waals surface area contributed by atoms with E-state index in [4.69, 9.17) is 20.2 Å². The van der Waals surface area contributed by atoms with Crippen LogP contribution in [0.2, 0.25) is 0 Å². The van der Waals surface area contributed by atoms with E-state index in [2.05, 4.69) is 60.9 Å². The van der Waals surface area contributed by atoms with Crippen LogP contribution < -0.4 is 10.6 Å². The van der Waals surface area contributed by atoms with Crippen LogP contribution in [-0.2, 0) is 11.8 Å². The number of aryl methyl sites for hydroxylation is 1. The molecular formula is C22H25IN8OS. The van der Waals surface area contributed by atoms with Crippen LogP contribution in [0.4, 0.5) is 10.9 Å². The second-order valence-electron chi connectivity index (χ2n) is 8.87. The Morgan fingerprint density at radius 2 is 2.18 bits per heavy atom. The van der Waals surface area contributed by atoms with E-state index in [1.54, 1.807) is 6.20 Å². The molecule has 1 aliphatic heterocycles. The van der Waals surface area contributed by atoms with Crippen molar-refractivity contribution in [3.63, 3.8) is 0 Å². The Kier molecular flexibility index (Phi) is 6.00. The topological polar surface area (TPSA) is 121 Å². The summed E-state index contributed by atoms with van der Waals surface area (Å²) in [7, 11) is 0. The first-order chi connectivity index (χ1) is 15.9. The minimum Gasteiger partial charge on any atom is -0.389 e. The first-order valence-corrected chi connectivity index (χ1v) is 12.9. The van der Waals surface area contributed by atoms with Crippen molar-refractivity contribution in [2.45, 2.75) is 51.0 Å². The second-order valence-corrected chi connectivity index (χ2v) is 11.4. The van der Waals surface area contributed by atoms with Crippen LogP contribution in [0.25, 0.3) is 11.5 Å². The number of aromatic nitrogens is 4. The number of thiophene rings is 1. The molecule has 1 fully saturated rings. The van der Waals surface area contributed by atoms with Gasteiger partial charge in [-0.05, 0) is 45.6 Å². The minimum atomic E-state index is -0.545. The zero-order chi connectivity index (χ0) is 23.2. The van der Waals surface area contributed by atoms with E-state index >= 15 is 0 Å². The van der Waals surface area contributed by atoms with Crippen molar-refractivity contribution in [1.29, 1.82) is 5.26 Å². The Balaban J connectivity index is 1.49. The van der Waals surface area contributed by atoms with Crippen LogP contribution in [0.3, 0.4) is 0 Å². The molecule has 172 valence electrons. The van der Waals surface area contributed by atoms with Crippen molar-refractivity contribution in [3.8, 4) is 17.6 Å². The fraction of sp³-hybridized carbons (Fsp3) is 0.500. The van der Waals surface area contributed by atoms with Gasteiger partial charge in [0, 0.05) is 65.2 Å². The van der Waals surface area contributed by atoms with E-state index < -0.39 is 5.41 Å². The molecule has 0 unspecified atom stereocenters. The molecule has 0 bridgehead atoms. The number of hydrogen-bond acceptors (Lipinski definition) is 10. The number of halogens is 1. The summed E-state index contributed by atoms with van der Waals surface area (Å²) in [5.41, 5.74) is 7.72. The summed E-state index contributed by atoms with van der Waals surface area (Å²) in [6.07, 6.45) is 5.52. The summed E-state index contributed by atoms with van der Waals surface area (Å²) in [6.45, 7) is 7.16. The van der Waals surface area contributed by atoms with Gasteiger partial charge in [0.05, 0.1) is 11.0 Å². The maximum atomic E-state index is 9.72. The van der Waals surface area contributed by atoms with Gasteiger partial charge in [-0.25, -0.2) is 13.1 Å². The molecule has 0 radical (unpaired) electrons. The number of fused-ring (bicyclic) bond motifs is 1. The first-order valence-electron chi connectivity index (χ1n) is 11.1. The van der Waals surface area contributed by atoms with Crippen LogP contribution >= 0.6 is 34.2 Å². The number of nitrogens with zero attached hydrogens (tertiary/aromatic N) is 7. The van der Waals surface area contributed by atoms with Crippen LogP contribution in [0.5, 0.6) is 0 Å². The van der Waals surface area contributed by atoms with Crippen molar-refractivity contribution in [3.05, 3.63) is 34.2 Å². The number of anilines is 2. The van der Waals surface area contributed by atoms with Crippen LogP contribution in [0, 0.1) is 11.3 Å². The van der Waals surface area contributed by atoms with E-state index in [9.17, 15) is 5.26 Å². The molecule has 0 amide bonds. The van der Waals surface area contributed by atoms with Gasteiger partial charge in [-0.1, -0.05) is 5.16 Å². The van der Waals surface area contributed by atoms with Gasteiger partial charge in [0.2, 0.25) is 17.7 Å². The monoisotopic (exact) mass is 576 g/mol. The largest absolute Gasteiger partial charge is 0.389 e. The molecule has 4 heterocycles. The Bertz CT molecular complexity index is 1220. The van der Waals surface area contributed by atoms with Gasteiger partial charge in [-0.2, -0.15) is 10.2 Å². The molecule has 2 N–H and O–H groups in total. The van der Waals surface area contributed by atoms with E-state index in [-0.39, 0.29) is 0 Å². The molecule has 3 aromatic heterocycles. The molecule has 1 aliphatic carbocycles. The average Bonchev–Trinajstić information content (AvgIpc) is 3.38. The van der Waals surface area contributed by atoms with Gasteiger partial charge in [-0.15, -0.1) is 11.3 Å². The summed E-state index contributed by atoms with van der Waals surface area (Å²) in [4.78, 5) is 17.5. The Labute approximate surface area is 210 Å². The summed E-state index contributed by atoms with van der Waals surface area (Å²) in [6, 6.07) is 4.40. The Morgan fingerprint density at radius 3 is 3.00 bits per heavy atom. The standard InChI is InChI=1S/C22H25IN8OS/c1-13-12-30(23)9-4-10-31(13)21-26-8-6-15(27-21)19-28-20(32-29-19)22(2)7-3-5-16-17(22)14(11-24)18(25)33-16/h6,8,13H,3-5,7,9-10,12,25H2,1-2H3/t13-,22-/m0/s1. The van der Waals surface area contributed by atoms with Crippen LogP contribution in [-0.4, -0.2) is 48.9 Å². The van der Waals surface area contributed by atoms with Crippen molar-refractivity contribution in [2.75, 3.05) is 30.3 Å². The molecule has 2 aliphatic rings. The predicted octanol–water partition coefficient (Wildman–Crippen LogP) is 3.93. The van der Waals surface area contributed by atoms with E-state index in [1.807, 2.05) is 6.07 Å². The highest BCUT2D eigenvalue weighted by molar-refractivity contribution is 14.1. The van der Waals surface area contributed by atoms with Crippen LogP contribution in [0.15, 0.2) is 16.8 Å². The van der Waals surface area contributed by atoms with E-state index in [1.165, 1.54) is 11.3 Å². The van der Waals surface area contributed by atoms with Crippen molar-refractivity contribution in [2.24, 2.45) is 0 Å². The Hall–Kier alpha value is -2.30. The zero-order valence-electron chi connectivity index (χ0n) is 18.6. The number of hydrogen-bond donors (Lipinski definition) is 1. The van der Waals surface area contributed by atoms with E-state index in [0.717, 1.165) is 55.8 Å². The number of nitriles is 1. The lowest BCUT2D eigenvalue weighted by molar-refractivity contribution is 0.300. The molecular weight excluding hydrogens is 551 g/mol. The quantitative estimate of drug-likeness (QED) is 0.365. The molecule has 0 spiro atoms. The molecule has 33 heavy (non-hydrogen) atoms. The summed E-state index contributed by atoms with van der Waals surface area (Å²) in [5.74, 6) is 1.61. The maximum Gasteiger partial charge on any atom is 0.237 e. The van der Waals surface area contributed by atoms with E-state index in [0.29, 0.717) is 40.0 Å². The third-order valence-electron chi connectivity index (χ3n) is 6.57.